The Labute approximate surface area is 161 Å². The Hall–Kier alpha value is -2.08. The van der Waals surface area contributed by atoms with Crippen LogP contribution in [-0.4, -0.2) is 24.5 Å². The van der Waals surface area contributed by atoms with Crippen LogP contribution in [0.25, 0.3) is 16.9 Å². The molecule has 0 spiro atoms. The van der Waals surface area contributed by atoms with Gasteiger partial charge in [-0.05, 0) is 60.5 Å². The predicted molar refractivity (Wildman–Crippen MR) is 104 cm³/mol. The normalized spacial score (nSPS) is 11.5. The number of rotatable bonds is 4. The molecule has 3 rings (SSSR count). The Morgan fingerprint density at radius 2 is 1.69 bits per heavy atom. The summed E-state index contributed by atoms with van der Waals surface area (Å²) in [7, 11) is -3.36. The minimum absolute atomic E-state index is 0.198. The molecule has 3 aromatic rings. The van der Waals surface area contributed by atoms with E-state index < -0.39 is 15.1 Å². The largest absolute Gasteiger partial charge is 0.313 e. The first kappa shape index (κ1) is 18.7. The van der Waals surface area contributed by atoms with Gasteiger partial charge >= 0.3 is 0 Å². The van der Waals surface area contributed by atoms with Crippen LogP contribution >= 0.6 is 23.2 Å². The Bertz CT molecular complexity index is 1100. The summed E-state index contributed by atoms with van der Waals surface area (Å²) in [4.78, 5) is 12.0. The molecule has 0 saturated heterocycles. The predicted octanol–water partition coefficient (Wildman–Crippen LogP) is 4.89. The summed E-state index contributed by atoms with van der Waals surface area (Å²) in [5, 5.41) is 0.0204. The first-order valence-electron chi connectivity index (χ1n) is 7.67. The number of carbonyl (C=O) groups excluding carboxylic acids is 1. The second-order valence-corrected chi connectivity index (χ2v) is 8.71. The van der Waals surface area contributed by atoms with Crippen LogP contribution in [0.5, 0.6) is 0 Å². The van der Waals surface area contributed by atoms with E-state index in [0.29, 0.717) is 27.7 Å². The van der Waals surface area contributed by atoms with Gasteiger partial charge in [0, 0.05) is 22.7 Å². The number of aromatic nitrogens is 1. The maximum atomic E-state index is 11.9. The van der Waals surface area contributed by atoms with Crippen molar-refractivity contribution in [1.82, 2.24) is 4.57 Å². The summed E-state index contributed by atoms with van der Waals surface area (Å²) >= 11 is 11.7. The summed E-state index contributed by atoms with van der Waals surface area (Å²) in [6.07, 6.45) is 1.16. The third-order valence-electron chi connectivity index (χ3n) is 4.10. The standard InChI is InChI=1S/C19H15Cl2NO3S/c1-12-17(19(21)23)11-18(13-6-8-14(20)9-7-13)22(12)15-4-3-5-16(10-15)26(2,24)25/h3-11H,1-2H3. The van der Waals surface area contributed by atoms with Gasteiger partial charge in [-0.15, -0.1) is 0 Å². The quantitative estimate of drug-likeness (QED) is 0.578. The van der Waals surface area contributed by atoms with E-state index in [2.05, 4.69) is 0 Å². The average Bonchev–Trinajstić information content (AvgIpc) is 2.92. The van der Waals surface area contributed by atoms with Crippen molar-refractivity contribution in [2.24, 2.45) is 0 Å². The molecule has 7 heteroatoms. The summed E-state index contributed by atoms with van der Waals surface area (Å²) in [5.74, 6) is 0. The number of benzene rings is 2. The number of hydrogen-bond acceptors (Lipinski definition) is 3. The molecule has 1 aromatic heterocycles. The summed E-state index contributed by atoms with van der Waals surface area (Å²) in [6, 6.07) is 15.4. The minimum Gasteiger partial charge on any atom is -0.313 e. The Kier molecular flexibility index (Phi) is 4.97. The van der Waals surface area contributed by atoms with Crippen molar-refractivity contribution in [2.45, 2.75) is 11.8 Å². The second-order valence-electron chi connectivity index (χ2n) is 5.91. The summed E-state index contributed by atoms with van der Waals surface area (Å²) in [6.45, 7) is 1.77. The van der Waals surface area contributed by atoms with E-state index in [-0.39, 0.29) is 4.90 Å². The van der Waals surface area contributed by atoms with Crippen molar-refractivity contribution in [3.05, 3.63) is 70.9 Å². The molecule has 0 aliphatic carbocycles. The monoisotopic (exact) mass is 407 g/mol. The zero-order valence-electron chi connectivity index (χ0n) is 14.0. The summed E-state index contributed by atoms with van der Waals surface area (Å²) < 4.78 is 25.6. The fraction of sp³-hybridized carbons (Fsp3) is 0.105. The lowest BCUT2D eigenvalue weighted by atomic mass is 10.1. The number of nitrogens with zero attached hydrogens (tertiary/aromatic N) is 1. The van der Waals surface area contributed by atoms with Crippen molar-refractivity contribution in [2.75, 3.05) is 6.26 Å². The Balaban J connectivity index is 2.30. The van der Waals surface area contributed by atoms with E-state index in [1.54, 1.807) is 43.3 Å². The number of carbonyl (C=O) groups is 1. The maximum absolute atomic E-state index is 11.9. The van der Waals surface area contributed by atoms with Gasteiger partial charge in [-0.1, -0.05) is 29.8 Å². The third kappa shape index (κ3) is 3.56. The van der Waals surface area contributed by atoms with Gasteiger partial charge in [0.25, 0.3) is 5.24 Å². The second kappa shape index (κ2) is 6.91. The van der Waals surface area contributed by atoms with Gasteiger partial charge in [0.1, 0.15) is 0 Å². The van der Waals surface area contributed by atoms with E-state index in [0.717, 1.165) is 11.8 Å². The van der Waals surface area contributed by atoms with E-state index in [9.17, 15) is 13.2 Å². The summed E-state index contributed by atoms with van der Waals surface area (Å²) in [5.41, 5.74) is 3.15. The maximum Gasteiger partial charge on any atom is 0.254 e. The fourth-order valence-corrected chi connectivity index (χ4v) is 3.80. The van der Waals surface area contributed by atoms with E-state index in [1.807, 2.05) is 16.7 Å². The van der Waals surface area contributed by atoms with Gasteiger partial charge in [-0.25, -0.2) is 8.42 Å². The highest BCUT2D eigenvalue weighted by Crippen LogP contribution is 2.31. The van der Waals surface area contributed by atoms with Crippen molar-refractivity contribution in [1.29, 1.82) is 0 Å². The number of hydrogen-bond donors (Lipinski definition) is 0. The van der Waals surface area contributed by atoms with Crippen LogP contribution in [-0.2, 0) is 9.84 Å². The molecule has 4 nitrogen and oxygen atoms in total. The van der Waals surface area contributed by atoms with E-state index in [1.165, 1.54) is 6.07 Å². The molecule has 0 aliphatic rings. The van der Waals surface area contributed by atoms with Crippen molar-refractivity contribution in [3.63, 3.8) is 0 Å². The van der Waals surface area contributed by atoms with Crippen LogP contribution in [0.3, 0.4) is 0 Å². The topological polar surface area (TPSA) is 56.1 Å². The minimum atomic E-state index is -3.36. The molecule has 0 saturated carbocycles. The van der Waals surface area contributed by atoms with Gasteiger partial charge in [0.2, 0.25) is 0 Å². The average molecular weight is 408 g/mol. The lowest BCUT2D eigenvalue weighted by Gasteiger charge is -2.13. The lowest BCUT2D eigenvalue weighted by Crippen LogP contribution is -2.03. The van der Waals surface area contributed by atoms with Crippen LogP contribution in [0.2, 0.25) is 5.02 Å². The van der Waals surface area contributed by atoms with Gasteiger partial charge in [-0.3, -0.25) is 4.79 Å². The molecule has 0 N–H and O–H groups in total. The first-order chi connectivity index (χ1) is 12.2. The highest BCUT2D eigenvalue weighted by molar-refractivity contribution is 7.90. The van der Waals surface area contributed by atoms with Crippen molar-refractivity contribution >= 4 is 38.3 Å². The molecular formula is C19H15Cl2NO3S. The van der Waals surface area contributed by atoms with Crippen molar-refractivity contribution in [3.8, 4) is 16.9 Å². The van der Waals surface area contributed by atoms with Crippen LogP contribution in [0.4, 0.5) is 0 Å². The van der Waals surface area contributed by atoms with Gasteiger partial charge in [-0.2, -0.15) is 0 Å². The highest BCUT2D eigenvalue weighted by atomic mass is 35.5. The zero-order chi connectivity index (χ0) is 19.1. The number of sulfone groups is 1. The Morgan fingerprint density at radius 1 is 1.04 bits per heavy atom. The molecule has 0 aliphatic heterocycles. The molecule has 134 valence electrons. The van der Waals surface area contributed by atoms with Crippen LogP contribution < -0.4 is 0 Å². The van der Waals surface area contributed by atoms with Gasteiger partial charge < -0.3 is 4.57 Å². The zero-order valence-corrected chi connectivity index (χ0v) is 16.4. The fourth-order valence-electron chi connectivity index (χ4n) is 2.82. The molecule has 2 aromatic carbocycles. The first-order valence-corrected chi connectivity index (χ1v) is 10.3. The van der Waals surface area contributed by atoms with Crippen LogP contribution in [0.15, 0.2) is 59.5 Å². The molecule has 0 radical (unpaired) electrons. The van der Waals surface area contributed by atoms with Gasteiger partial charge in [0.05, 0.1) is 16.2 Å². The van der Waals surface area contributed by atoms with Crippen LogP contribution in [0.1, 0.15) is 16.1 Å². The SMILES string of the molecule is Cc1c(C(=O)Cl)cc(-c2ccc(Cl)cc2)n1-c1cccc(S(C)(=O)=O)c1. The molecule has 1 heterocycles. The van der Waals surface area contributed by atoms with Crippen LogP contribution in [0, 0.1) is 6.92 Å². The third-order valence-corrected chi connectivity index (χ3v) is 5.67. The molecule has 0 atom stereocenters. The molecule has 0 unspecified atom stereocenters. The molecular weight excluding hydrogens is 393 g/mol. The van der Waals surface area contributed by atoms with E-state index >= 15 is 0 Å². The molecule has 0 fully saturated rings. The smallest absolute Gasteiger partial charge is 0.254 e. The van der Waals surface area contributed by atoms with Gasteiger partial charge in [0.15, 0.2) is 9.84 Å². The number of halogens is 2. The lowest BCUT2D eigenvalue weighted by molar-refractivity contribution is 0.108. The molecule has 0 bridgehead atoms. The Morgan fingerprint density at radius 3 is 2.27 bits per heavy atom. The van der Waals surface area contributed by atoms with E-state index in [4.69, 9.17) is 23.2 Å². The molecule has 26 heavy (non-hydrogen) atoms. The highest BCUT2D eigenvalue weighted by Gasteiger charge is 2.19. The van der Waals surface area contributed by atoms with Crippen molar-refractivity contribution < 1.29 is 13.2 Å². The molecule has 0 amide bonds.